The lowest BCUT2D eigenvalue weighted by atomic mass is 9.84. The van der Waals surface area contributed by atoms with Gasteiger partial charge >= 0.3 is 5.97 Å². The Hall–Kier alpha value is -2.73. The number of aliphatic hydroxyl groups excluding tert-OH is 1. The number of anilines is 1. The van der Waals surface area contributed by atoms with Crippen molar-refractivity contribution in [3.8, 4) is 17.2 Å². The number of esters is 1. The summed E-state index contributed by atoms with van der Waals surface area (Å²) in [5.74, 6) is 1.54. The number of benzene rings is 2. The Kier molecular flexibility index (Phi) is 5.75. The monoisotopic (exact) mass is 399 g/mol. The normalized spacial score (nSPS) is 20.6. The summed E-state index contributed by atoms with van der Waals surface area (Å²) in [4.78, 5) is 11.5. The molecule has 1 heterocycles. The fraction of sp³-hybridized carbons (Fsp3) is 0.435. The second kappa shape index (κ2) is 7.95. The Balaban J connectivity index is 1.82. The summed E-state index contributed by atoms with van der Waals surface area (Å²) in [5.41, 5.74) is 8.95. The fourth-order valence-electron chi connectivity index (χ4n) is 3.85. The third kappa shape index (κ3) is 4.32. The first-order valence-electron chi connectivity index (χ1n) is 9.79. The van der Waals surface area contributed by atoms with Crippen molar-refractivity contribution in [2.24, 2.45) is 0 Å². The molecule has 2 unspecified atom stereocenters. The molecule has 2 aromatic carbocycles. The predicted octanol–water partition coefficient (Wildman–Crippen LogP) is 4.16. The second-order valence-corrected chi connectivity index (χ2v) is 7.98. The topological polar surface area (TPSA) is 91.0 Å². The number of aliphatic hydroxyl groups is 1. The van der Waals surface area contributed by atoms with Crippen LogP contribution in [0, 0.1) is 20.8 Å². The van der Waals surface area contributed by atoms with Crippen molar-refractivity contribution in [3.63, 3.8) is 0 Å². The van der Waals surface area contributed by atoms with Crippen molar-refractivity contribution in [2.75, 3.05) is 12.3 Å². The van der Waals surface area contributed by atoms with Gasteiger partial charge in [-0.3, -0.25) is 4.79 Å². The van der Waals surface area contributed by atoms with E-state index in [1.165, 1.54) is 6.92 Å². The summed E-state index contributed by atoms with van der Waals surface area (Å²) < 4.78 is 17.6. The molecule has 0 radical (unpaired) electrons. The average Bonchev–Trinajstić information content (AvgIpc) is 2.64. The van der Waals surface area contributed by atoms with Crippen LogP contribution in [0.25, 0.3) is 0 Å². The predicted molar refractivity (Wildman–Crippen MR) is 112 cm³/mol. The molecule has 3 N–H and O–H groups in total. The van der Waals surface area contributed by atoms with Crippen LogP contribution >= 0.6 is 0 Å². The van der Waals surface area contributed by atoms with Crippen molar-refractivity contribution in [2.45, 2.75) is 59.2 Å². The van der Waals surface area contributed by atoms with E-state index in [1.54, 1.807) is 12.1 Å². The van der Waals surface area contributed by atoms with Crippen LogP contribution in [0.15, 0.2) is 24.3 Å². The Labute approximate surface area is 171 Å². The van der Waals surface area contributed by atoms with Crippen LogP contribution < -0.4 is 19.9 Å². The Morgan fingerprint density at radius 2 is 1.86 bits per heavy atom. The van der Waals surface area contributed by atoms with Gasteiger partial charge < -0.3 is 25.1 Å². The minimum Gasteiger partial charge on any atom is -0.493 e. The zero-order valence-electron chi connectivity index (χ0n) is 17.7. The highest BCUT2D eigenvalue weighted by Gasteiger charge is 2.39. The van der Waals surface area contributed by atoms with Crippen molar-refractivity contribution >= 4 is 11.7 Å². The van der Waals surface area contributed by atoms with E-state index in [0.29, 0.717) is 42.2 Å². The van der Waals surface area contributed by atoms with Gasteiger partial charge in [-0.2, -0.15) is 0 Å². The molecule has 0 aromatic heterocycles. The van der Waals surface area contributed by atoms with Crippen molar-refractivity contribution in [3.05, 3.63) is 46.5 Å². The van der Waals surface area contributed by atoms with Crippen LogP contribution in [0.4, 0.5) is 5.69 Å². The number of hydrogen-bond donors (Lipinski definition) is 2. The lowest BCUT2D eigenvalue weighted by Gasteiger charge is -2.40. The molecule has 6 nitrogen and oxygen atoms in total. The Morgan fingerprint density at radius 3 is 2.48 bits per heavy atom. The molecule has 2 aromatic rings. The highest BCUT2D eigenvalue weighted by molar-refractivity contribution is 5.72. The minimum atomic E-state index is -0.714. The number of nitrogens with two attached hydrogens (primary N) is 1. The van der Waals surface area contributed by atoms with Crippen LogP contribution in [0.5, 0.6) is 17.2 Å². The molecule has 0 aliphatic carbocycles. The molecule has 0 spiro atoms. The number of nitrogen functional groups attached to an aromatic ring is 1. The molecule has 6 heteroatoms. The van der Waals surface area contributed by atoms with E-state index in [9.17, 15) is 9.90 Å². The molecule has 1 aliphatic heterocycles. The summed E-state index contributed by atoms with van der Waals surface area (Å²) in [6.45, 7) is 9.47. The fourth-order valence-corrected chi connectivity index (χ4v) is 3.85. The summed E-state index contributed by atoms with van der Waals surface area (Å²) >= 11 is 0. The lowest BCUT2D eigenvalue weighted by Crippen LogP contribution is -2.40. The van der Waals surface area contributed by atoms with E-state index in [-0.39, 0.29) is 5.97 Å². The summed E-state index contributed by atoms with van der Waals surface area (Å²) in [7, 11) is 0. The van der Waals surface area contributed by atoms with Crippen molar-refractivity contribution in [1.29, 1.82) is 0 Å². The second-order valence-electron chi connectivity index (χ2n) is 7.98. The number of fused-ring (bicyclic) bond motifs is 1. The lowest BCUT2D eigenvalue weighted by molar-refractivity contribution is -0.132. The van der Waals surface area contributed by atoms with Crippen LogP contribution in [0.1, 0.15) is 55.0 Å². The number of rotatable bonds is 5. The number of ether oxygens (including phenoxy) is 3. The first-order valence-corrected chi connectivity index (χ1v) is 9.79. The van der Waals surface area contributed by atoms with Gasteiger partial charge in [-0.1, -0.05) is 0 Å². The molecule has 1 aliphatic rings. The van der Waals surface area contributed by atoms with Crippen molar-refractivity contribution in [1.82, 2.24) is 0 Å². The summed E-state index contributed by atoms with van der Waals surface area (Å²) in [6.07, 6.45) is 0.319. The van der Waals surface area contributed by atoms with Gasteiger partial charge in [-0.15, -0.1) is 0 Å². The minimum absolute atomic E-state index is 0.383. The molecule has 29 heavy (non-hydrogen) atoms. The Morgan fingerprint density at radius 1 is 1.21 bits per heavy atom. The number of hydrogen-bond acceptors (Lipinski definition) is 6. The SMILES string of the molecule is CC(=O)Oc1c(C)c(C)c2c(c1C)C(O)CC(C)(CCOc1ccc(N)cc1)O2. The number of carbonyl (C=O) groups is 1. The van der Waals surface area contributed by atoms with Gasteiger partial charge in [0.2, 0.25) is 0 Å². The maximum Gasteiger partial charge on any atom is 0.308 e. The first-order chi connectivity index (χ1) is 13.6. The quantitative estimate of drug-likeness (QED) is 0.446. The van der Waals surface area contributed by atoms with E-state index >= 15 is 0 Å². The molecule has 0 saturated carbocycles. The van der Waals surface area contributed by atoms with E-state index in [0.717, 1.165) is 22.4 Å². The van der Waals surface area contributed by atoms with Crippen LogP contribution in [0.2, 0.25) is 0 Å². The molecule has 0 bridgehead atoms. The van der Waals surface area contributed by atoms with Gasteiger partial charge in [-0.05, 0) is 63.1 Å². The van der Waals surface area contributed by atoms with Crippen LogP contribution in [-0.4, -0.2) is 23.3 Å². The van der Waals surface area contributed by atoms with E-state index in [4.69, 9.17) is 19.9 Å². The average molecular weight is 399 g/mol. The van der Waals surface area contributed by atoms with Gasteiger partial charge in [0.05, 0.1) is 12.7 Å². The summed E-state index contributed by atoms with van der Waals surface area (Å²) in [5, 5.41) is 10.9. The first kappa shape index (κ1) is 21.0. The largest absolute Gasteiger partial charge is 0.493 e. The van der Waals surface area contributed by atoms with Crippen LogP contribution in [0.3, 0.4) is 0 Å². The van der Waals surface area contributed by atoms with Gasteiger partial charge in [0, 0.05) is 36.6 Å². The molecule has 0 fully saturated rings. The van der Waals surface area contributed by atoms with Gasteiger partial charge in [0.25, 0.3) is 0 Å². The molecule has 2 atom stereocenters. The van der Waals surface area contributed by atoms with Crippen molar-refractivity contribution < 1.29 is 24.1 Å². The molecular weight excluding hydrogens is 370 g/mol. The molecule has 0 saturated heterocycles. The maximum absolute atomic E-state index is 11.5. The Bertz CT molecular complexity index is 922. The van der Waals surface area contributed by atoms with E-state index < -0.39 is 11.7 Å². The maximum atomic E-state index is 11.5. The smallest absolute Gasteiger partial charge is 0.308 e. The molecule has 156 valence electrons. The van der Waals surface area contributed by atoms with Gasteiger partial charge in [0.1, 0.15) is 22.8 Å². The number of carbonyl (C=O) groups excluding carboxylic acids is 1. The highest BCUT2D eigenvalue weighted by atomic mass is 16.5. The zero-order valence-corrected chi connectivity index (χ0v) is 17.7. The highest BCUT2D eigenvalue weighted by Crippen LogP contribution is 2.48. The standard InChI is InChI=1S/C23H29NO5/c1-13-14(2)22-20(15(3)21(13)28-16(4)25)19(26)12-23(5,29-22)10-11-27-18-8-6-17(24)7-9-18/h6-9,19,26H,10-12,24H2,1-5H3. The third-order valence-electron chi connectivity index (χ3n) is 5.57. The molecule has 3 rings (SSSR count). The van der Waals surface area contributed by atoms with Gasteiger partial charge in [0.15, 0.2) is 0 Å². The third-order valence-corrected chi connectivity index (χ3v) is 5.57. The van der Waals surface area contributed by atoms with E-state index in [1.807, 2.05) is 39.8 Å². The summed E-state index contributed by atoms with van der Waals surface area (Å²) in [6, 6.07) is 7.25. The zero-order chi connectivity index (χ0) is 21.3. The van der Waals surface area contributed by atoms with Gasteiger partial charge in [-0.25, -0.2) is 0 Å². The van der Waals surface area contributed by atoms with Crippen LogP contribution in [-0.2, 0) is 4.79 Å². The molecule has 0 amide bonds. The van der Waals surface area contributed by atoms with E-state index in [2.05, 4.69) is 0 Å². The molecular formula is C23H29NO5.